The van der Waals surface area contributed by atoms with Gasteiger partial charge in [0, 0.05) is 5.56 Å². The van der Waals surface area contributed by atoms with Crippen molar-refractivity contribution >= 4 is 33.3 Å². The van der Waals surface area contributed by atoms with Gasteiger partial charge in [0.05, 0.1) is 15.6 Å². The van der Waals surface area contributed by atoms with Crippen molar-refractivity contribution in [2.75, 3.05) is 11.3 Å². The van der Waals surface area contributed by atoms with Crippen molar-refractivity contribution in [3.63, 3.8) is 0 Å². The van der Waals surface area contributed by atoms with Crippen molar-refractivity contribution in [2.24, 2.45) is 0 Å². The van der Waals surface area contributed by atoms with E-state index in [0.717, 1.165) is 5.56 Å². The van der Waals surface area contributed by atoms with Gasteiger partial charge in [-0.3, -0.25) is 4.72 Å². The number of carboxylic acid groups (broad SMARTS) is 1. The van der Waals surface area contributed by atoms with Gasteiger partial charge in [-0.15, -0.1) is 0 Å². The number of nitrogens with one attached hydrogen (secondary N) is 1. The second-order valence-electron chi connectivity index (χ2n) is 5.61. The normalized spacial score (nSPS) is 11.2. The van der Waals surface area contributed by atoms with E-state index in [9.17, 15) is 13.2 Å². The average molecular weight is 384 g/mol. The molecule has 2 aromatic rings. The molecular formula is C17H18ClNO5S. The SMILES string of the molecule is Cc1ccc(NS(=O)(=O)c2ccc(C)c(OCC(=O)O)c2C)c(Cl)c1. The van der Waals surface area contributed by atoms with Crippen LogP contribution in [0.5, 0.6) is 5.75 Å². The lowest BCUT2D eigenvalue weighted by molar-refractivity contribution is -0.139. The third kappa shape index (κ3) is 4.43. The van der Waals surface area contributed by atoms with Crippen LogP contribution < -0.4 is 9.46 Å². The number of benzene rings is 2. The zero-order chi connectivity index (χ0) is 18.8. The highest BCUT2D eigenvalue weighted by atomic mass is 35.5. The minimum absolute atomic E-state index is 0.00451. The maximum atomic E-state index is 12.7. The smallest absolute Gasteiger partial charge is 0.341 e. The van der Waals surface area contributed by atoms with Gasteiger partial charge in [-0.1, -0.05) is 23.7 Å². The minimum Gasteiger partial charge on any atom is -0.481 e. The molecular weight excluding hydrogens is 366 g/mol. The molecule has 0 bridgehead atoms. The van der Waals surface area contributed by atoms with E-state index in [0.29, 0.717) is 11.1 Å². The fourth-order valence-corrected chi connectivity index (χ4v) is 4.02. The van der Waals surface area contributed by atoms with Gasteiger partial charge >= 0.3 is 5.97 Å². The van der Waals surface area contributed by atoms with Crippen LogP contribution >= 0.6 is 11.6 Å². The van der Waals surface area contributed by atoms with Gasteiger partial charge in [0.2, 0.25) is 0 Å². The standard InChI is InChI=1S/C17H18ClNO5S/c1-10-4-6-14(13(18)8-10)19-25(22,23)15-7-5-11(2)17(12(15)3)24-9-16(20)21/h4-8,19H,9H2,1-3H3,(H,20,21). The number of hydrogen-bond acceptors (Lipinski definition) is 4. The predicted molar refractivity (Wildman–Crippen MR) is 96.0 cm³/mol. The maximum absolute atomic E-state index is 12.7. The van der Waals surface area contributed by atoms with Gasteiger partial charge in [0.15, 0.2) is 6.61 Å². The summed E-state index contributed by atoms with van der Waals surface area (Å²) in [7, 11) is -3.92. The Hall–Kier alpha value is -2.25. The summed E-state index contributed by atoms with van der Waals surface area (Å²) >= 11 is 6.09. The van der Waals surface area contributed by atoms with Crippen molar-refractivity contribution in [1.82, 2.24) is 0 Å². The summed E-state index contributed by atoms with van der Waals surface area (Å²) in [6.07, 6.45) is 0. The van der Waals surface area contributed by atoms with Crippen LogP contribution in [-0.2, 0) is 14.8 Å². The molecule has 0 saturated heterocycles. The molecule has 0 unspecified atom stereocenters. The van der Waals surface area contributed by atoms with E-state index in [4.69, 9.17) is 21.4 Å². The summed E-state index contributed by atoms with van der Waals surface area (Å²) in [6.45, 7) is 4.57. The van der Waals surface area contributed by atoms with Crippen LogP contribution in [0.15, 0.2) is 35.2 Å². The molecule has 25 heavy (non-hydrogen) atoms. The molecule has 134 valence electrons. The van der Waals surface area contributed by atoms with E-state index < -0.39 is 22.6 Å². The number of aryl methyl sites for hydroxylation is 2. The summed E-state index contributed by atoms with van der Waals surface area (Å²) in [5.41, 5.74) is 2.15. The third-order valence-electron chi connectivity index (χ3n) is 3.55. The molecule has 0 aliphatic carbocycles. The van der Waals surface area contributed by atoms with E-state index in [-0.39, 0.29) is 21.4 Å². The zero-order valence-corrected chi connectivity index (χ0v) is 15.5. The number of carboxylic acids is 1. The largest absolute Gasteiger partial charge is 0.481 e. The number of sulfonamides is 1. The molecule has 0 aliphatic heterocycles. The van der Waals surface area contributed by atoms with Gasteiger partial charge in [-0.2, -0.15) is 0 Å². The van der Waals surface area contributed by atoms with Crippen LogP contribution in [0.1, 0.15) is 16.7 Å². The fourth-order valence-electron chi connectivity index (χ4n) is 2.36. The molecule has 0 radical (unpaired) electrons. The van der Waals surface area contributed by atoms with Crippen molar-refractivity contribution in [3.8, 4) is 5.75 Å². The highest BCUT2D eigenvalue weighted by Gasteiger charge is 2.22. The first-order valence-electron chi connectivity index (χ1n) is 7.35. The Labute approximate surface area is 151 Å². The first-order chi connectivity index (χ1) is 11.6. The molecule has 2 N–H and O–H groups in total. The van der Waals surface area contributed by atoms with Gasteiger partial charge in [-0.05, 0) is 50.1 Å². The van der Waals surface area contributed by atoms with E-state index in [1.54, 1.807) is 38.1 Å². The van der Waals surface area contributed by atoms with Gasteiger partial charge < -0.3 is 9.84 Å². The summed E-state index contributed by atoms with van der Waals surface area (Å²) in [4.78, 5) is 10.7. The molecule has 0 aliphatic rings. The molecule has 0 fully saturated rings. The number of ether oxygens (including phenoxy) is 1. The van der Waals surface area contributed by atoms with Crippen LogP contribution in [0.25, 0.3) is 0 Å². The molecule has 0 amide bonds. The summed E-state index contributed by atoms with van der Waals surface area (Å²) < 4.78 is 33.1. The zero-order valence-electron chi connectivity index (χ0n) is 14.0. The summed E-state index contributed by atoms with van der Waals surface area (Å²) in [5, 5.41) is 9.05. The Morgan fingerprint density at radius 1 is 1.20 bits per heavy atom. The molecule has 0 aromatic heterocycles. The highest BCUT2D eigenvalue weighted by Crippen LogP contribution is 2.31. The van der Waals surface area contributed by atoms with E-state index >= 15 is 0 Å². The highest BCUT2D eigenvalue weighted by molar-refractivity contribution is 7.92. The Bertz CT molecular complexity index is 925. The van der Waals surface area contributed by atoms with Crippen molar-refractivity contribution < 1.29 is 23.1 Å². The van der Waals surface area contributed by atoms with Crippen LogP contribution in [-0.4, -0.2) is 26.1 Å². The van der Waals surface area contributed by atoms with Gasteiger partial charge in [0.1, 0.15) is 5.75 Å². The number of anilines is 1. The monoisotopic (exact) mass is 383 g/mol. The second kappa shape index (κ2) is 7.33. The third-order valence-corrected chi connectivity index (χ3v) is 5.37. The molecule has 2 rings (SSSR count). The van der Waals surface area contributed by atoms with Crippen molar-refractivity contribution in [1.29, 1.82) is 0 Å². The molecule has 0 spiro atoms. The first kappa shape index (κ1) is 19.1. The van der Waals surface area contributed by atoms with Crippen molar-refractivity contribution in [2.45, 2.75) is 25.7 Å². The Kier molecular flexibility index (Phi) is 5.59. The van der Waals surface area contributed by atoms with E-state index in [1.807, 2.05) is 6.92 Å². The average Bonchev–Trinajstić information content (AvgIpc) is 2.49. The van der Waals surface area contributed by atoms with Crippen LogP contribution in [0, 0.1) is 20.8 Å². The van der Waals surface area contributed by atoms with Crippen LogP contribution in [0.2, 0.25) is 5.02 Å². The fraction of sp³-hybridized carbons (Fsp3) is 0.235. The lowest BCUT2D eigenvalue weighted by Gasteiger charge is -2.16. The Balaban J connectivity index is 2.42. The lowest BCUT2D eigenvalue weighted by Crippen LogP contribution is -2.16. The summed E-state index contributed by atoms with van der Waals surface area (Å²) in [6, 6.07) is 7.99. The van der Waals surface area contributed by atoms with E-state index in [2.05, 4.69) is 4.72 Å². The number of aliphatic carboxylic acids is 1. The van der Waals surface area contributed by atoms with E-state index in [1.165, 1.54) is 6.07 Å². The number of halogens is 1. The summed E-state index contributed by atoms with van der Waals surface area (Å²) in [5.74, 6) is -0.906. The number of hydrogen-bond donors (Lipinski definition) is 2. The molecule has 0 saturated carbocycles. The number of rotatable bonds is 6. The maximum Gasteiger partial charge on any atom is 0.341 e. The lowest BCUT2D eigenvalue weighted by atomic mass is 10.1. The van der Waals surface area contributed by atoms with Gasteiger partial charge in [0.25, 0.3) is 10.0 Å². The molecule has 2 aromatic carbocycles. The Morgan fingerprint density at radius 2 is 1.88 bits per heavy atom. The minimum atomic E-state index is -3.92. The molecule has 6 nitrogen and oxygen atoms in total. The molecule has 0 atom stereocenters. The van der Waals surface area contributed by atoms with Gasteiger partial charge in [-0.25, -0.2) is 13.2 Å². The predicted octanol–water partition coefficient (Wildman–Crippen LogP) is 3.53. The van der Waals surface area contributed by atoms with Crippen LogP contribution in [0.3, 0.4) is 0 Å². The quantitative estimate of drug-likeness (QED) is 0.796. The van der Waals surface area contributed by atoms with Crippen molar-refractivity contribution in [3.05, 3.63) is 52.0 Å². The topological polar surface area (TPSA) is 92.7 Å². The molecule has 8 heteroatoms. The second-order valence-corrected chi connectivity index (χ2v) is 7.66. The molecule has 0 heterocycles. The first-order valence-corrected chi connectivity index (χ1v) is 9.21. The Morgan fingerprint density at radius 3 is 2.48 bits per heavy atom. The number of carbonyl (C=O) groups is 1. The van der Waals surface area contributed by atoms with Crippen LogP contribution in [0.4, 0.5) is 5.69 Å².